The van der Waals surface area contributed by atoms with Crippen molar-refractivity contribution < 1.29 is 0 Å². The normalized spacial score (nSPS) is 31.4. The van der Waals surface area contributed by atoms with Gasteiger partial charge in [0.2, 0.25) is 0 Å². The molecular weight excluding hydrogens is 571 g/mol. The van der Waals surface area contributed by atoms with E-state index in [-0.39, 0.29) is 0 Å². The Hall–Kier alpha value is -4.34. The van der Waals surface area contributed by atoms with Gasteiger partial charge in [-0.3, -0.25) is 0 Å². The topological polar surface area (TPSA) is 52.0 Å². The van der Waals surface area contributed by atoms with E-state index in [0.29, 0.717) is 23.7 Å². The van der Waals surface area contributed by atoms with Crippen molar-refractivity contribution in [1.82, 2.24) is 4.40 Å². The monoisotopic (exact) mass is 607 g/mol. The van der Waals surface area contributed by atoms with E-state index >= 15 is 0 Å². The first-order valence-corrected chi connectivity index (χ1v) is 18.4. The molecule has 4 aromatic carbocycles. The molecule has 3 nitrogen and oxygen atoms in total. The Balaban J connectivity index is 1.30. The van der Waals surface area contributed by atoms with E-state index in [9.17, 15) is 10.5 Å². The van der Waals surface area contributed by atoms with Crippen LogP contribution in [-0.2, 0) is 0 Å². The van der Waals surface area contributed by atoms with Crippen LogP contribution in [-0.4, -0.2) is 4.40 Å². The summed E-state index contributed by atoms with van der Waals surface area (Å²) in [5, 5.41) is 27.1. The molecule has 228 valence electrons. The van der Waals surface area contributed by atoms with E-state index in [4.69, 9.17) is 0 Å². The van der Waals surface area contributed by atoms with Crippen molar-refractivity contribution in [3.63, 3.8) is 0 Å². The molecule has 2 aromatic heterocycles. The molecule has 47 heavy (non-hydrogen) atoms. The van der Waals surface area contributed by atoms with Crippen LogP contribution in [0.3, 0.4) is 0 Å². The molecule has 8 bridgehead atoms. The molecule has 0 radical (unpaired) electrons. The maximum atomic E-state index is 10.8. The second-order valence-corrected chi connectivity index (χ2v) is 16.7. The zero-order valence-electron chi connectivity index (χ0n) is 26.7. The Bertz CT molecular complexity index is 2280. The van der Waals surface area contributed by atoms with Crippen molar-refractivity contribution in [2.24, 2.45) is 23.7 Å². The lowest BCUT2D eigenvalue weighted by Gasteiger charge is -2.38. The summed E-state index contributed by atoms with van der Waals surface area (Å²) in [5.74, 6) is 5.27. The highest BCUT2D eigenvalue weighted by molar-refractivity contribution is 6.26. The summed E-state index contributed by atoms with van der Waals surface area (Å²) in [6.45, 7) is 0. The van der Waals surface area contributed by atoms with E-state index in [1.54, 1.807) is 0 Å². The fraction of sp³-hybridized carbons (Fsp3) is 0.409. The third-order valence-electron chi connectivity index (χ3n) is 14.4. The SMILES string of the molecule is N#Cc1cc2c(c3c1C1CC4CC(C1)CC3C4)c1cc(-c3ccccc3)cc3c4c5c(c(C#N)cc4n2c13)C1CC2CC(C1)CC5C2. The van der Waals surface area contributed by atoms with Gasteiger partial charge in [-0.15, -0.1) is 0 Å². The Morgan fingerprint density at radius 2 is 0.915 bits per heavy atom. The van der Waals surface area contributed by atoms with Crippen LogP contribution in [0.4, 0.5) is 0 Å². The summed E-state index contributed by atoms with van der Waals surface area (Å²) in [7, 11) is 0. The molecule has 14 rings (SSSR count). The maximum absolute atomic E-state index is 10.8. The minimum absolute atomic E-state index is 0.511. The number of benzene rings is 4. The van der Waals surface area contributed by atoms with E-state index in [1.165, 1.54) is 136 Å². The Morgan fingerprint density at radius 1 is 0.489 bits per heavy atom. The standard InChI is InChI=1S/C44H37N3/c45-20-32-18-36-42(40-30-12-22-6-23(13-30)9-28(8-22)38(32)40)34-16-27(26-4-2-1-3-5-26)17-35-43-37(47(36)44(34)35)19-33(21-46)39-29-10-24-7-25(11-29)15-31(14-24)41(39)43/h1-5,16-19,22-25,28-31H,6-15H2. The Morgan fingerprint density at radius 3 is 1.34 bits per heavy atom. The van der Waals surface area contributed by atoms with Crippen LogP contribution >= 0.6 is 0 Å². The Labute approximate surface area is 275 Å². The fourth-order valence-corrected chi connectivity index (χ4v) is 13.3. The number of rotatable bonds is 1. The number of fused-ring (bicyclic) bond motifs is 6. The number of nitrogens with zero attached hydrogens (tertiary/aromatic N) is 3. The van der Waals surface area contributed by atoms with Gasteiger partial charge in [0.05, 0.1) is 39.8 Å². The second kappa shape index (κ2) is 8.76. The first-order chi connectivity index (χ1) is 23.1. The molecule has 0 amide bonds. The molecule has 8 aliphatic rings. The van der Waals surface area contributed by atoms with Crippen LogP contribution in [0.5, 0.6) is 0 Å². The highest BCUT2D eigenvalue weighted by Gasteiger charge is 2.46. The summed E-state index contributed by atoms with van der Waals surface area (Å²) < 4.78 is 2.53. The lowest BCUT2D eigenvalue weighted by molar-refractivity contribution is 0.166. The number of aromatic nitrogens is 1. The van der Waals surface area contributed by atoms with Gasteiger partial charge in [-0.25, -0.2) is 0 Å². The van der Waals surface area contributed by atoms with E-state index in [1.807, 2.05) is 0 Å². The van der Waals surface area contributed by atoms with Gasteiger partial charge in [0.25, 0.3) is 0 Å². The highest BCUT2D eigenvalue weighted by atomic mass is 14.9. The molecule has 4 saturated carbocycles. The van der Waals surface area contributed by atoms with Crippen molar-refractivity contribution in [3.05, 3.63) is 88.0 Å². The van der Waals surface area contributed by atoms with Gasteiger partial charge in [-0.2, -0.15) is 10.5 Å². The van der Waals surface area contributed by atoms with Gasteiger partial charge >= 0.3 is 0 Å². The zero-order valence-corrected chi connectivity index (χ0v) is 26.7. The van der Waals surface area contributed by atoms with E-state index < -0.39 is 0 Å². The summed E-state index contributed by atoms with van der Waals surface area (Å²) >= 11 is 0. The van der Waals surface area contributed by atoms with Crippen LogP contribution in [0.1, 0.15) is 121 Å². The first-order valence-electron chi connectivity index (χ1n) is 18.4. The second-order valence-electron chi connectivity index (χ2n) is 16.7. The summed E-state index contributed by atoms with van der Waals surface area (Å²) in [4.78, 5) is 0. The molecule has 0 spiro atoms. The van der Waals surface area contributed by atoms with Gasteiger partial charge in [0.15, 0.2) is 0 Å². The van der Waals surface area contributed by atoms with Gasteiger partial charge < -0.3 is 4.40 Å². The van der Waals surface area contributed by atoms with E-state index in [0.717, 1.165) is 34.8 Å². The van der Waals surface area contributed by atoms with Crippen molar-refractivity contribution in [2.75, 3.05) is 0 Å². The number of hydrogen-bond acceptors (Lipinski definition) is 2. The first kappa shape index (κ1) is 25.7. The molecular formula is C44H37N3. The van der Waals surface area contributed by atoms with Crippen LogP contribution in [0.15, 0.2) is 54.6 Å². The molecule has 3 heteroatoms. The molecule has 6 aromatic rings. The molecule has 8 aliphatic carbocycles. The average molecular weight is 608 g/mol. The molecule has 4 fully saturated rings. The van der Waals surface area contributed by atoms with Gasteiger partial charge in [0, 0.05) is 21.5 Å². The Kier molecular flexibility index (Phi) is 4.79. The predicted octanol–water partition coefficient (Wildman–Crippen LogP) is 11.0. The summed E-state index contributed by atoms with van der Waals surface area (Å²) in [6.07, 6.45) is 12.9. The van der Waals surface area contributed by atoms with Crippen molar-refractivity contribution in [1.29, 1.82) is 10.5 Å². The molecule has 0 aliphatic heterocycles. The zero-order chi connectivity index (χ0) is 30.7. The van der Waals surface area contributed by atoms with Crippen LogP contribution < -0.4 is 0 Å². The van der Waals surface area contributed by atoms with Gasteiger partial charge in [-0.1, -0.05) is 30.3 Å². The van der Waals surface area contributed by atoms with Crippen LogP contribution in [0.25, 0.3) is 49.2 Å². The smallest absolute Gasteiger partial charge is 0.0995 e. The predicted molar refractivity (Wildman–Crippen MR) is 187 cm³/mol. The third-order valence-corrected chi connectivity index (χ3v) is 14.4. The highest BCUT2D eigenvalue weighted by Crippen LogP contribution is 2.62. The molecule has 4 unspecified atom stereocenters. The quantitative estimate of drug-likeness (QED) is 0.187. The van der Waals surface area contributed by atoms with E-state index in [2.05, 4.69) is 71.1 Å². The lowest BCUT2D eigenvalue weighted by atomic mass is 9.67. The van der Waals surface area contributed by atoms with Crippen molar-refractivity contribution in [2.45, 2.75) is 87.9 Å². The number of hydrogen-bond donors (Lipinski definition) is 0. The molecule has 0 N–H and O–H groups in total. The van der Waals surface area contributed by atoms with Gasteiger partial charge in [-0.05, 0) is 169 Å². The van der Waals surface area contributed by atoms with Crippen molar-refractivity contribution in [3.8, 4) is 23.3 Å². The minimum Gasteiger partial charge on any atom is -0.308 e. The maximum Gasteiger partial charge on any atom is 0.0995 e. The molecule has 2 heterocycles. The minimum atomic E-state index is 0.511. The summed E-state index contributed by atoms with van der Waals surface area (Å²) in [5.41, 5.74) is 13.9. The van der Waals surface area contributed by atoms with Crippen molar-refractivity contribution >= 4 is 38.1 Å². The van der Waals surface area contributed by atoms with Crippen LogP contribution in [0.2, 0.25) is 0 Å². The lowest BCUT2D eigenvalue weighted by Crippen LogP contribution is -2.25. The number of nitriles is 2. The third kappa shape index (κ3) is 3.18. The summed E-state index contributed by atoms with van der Waals surface area (Å²) in [6, 6.07) is 26.0. The fourth-order valence-electron chi connectivity index (χ4n) is 13.3. The van der Waals surface area contributed by atoms with Gasteiger partial charge in [0.1, 0.15) is 0 Å². The molecule has 0 saturated heterocycles. The largest absolute Gasteiger partial charge is 0.308 e. The molecule has 4 atom stereocenters. The van der Waals surface area contributed by atoms with Crippen LogP contribution in [0, 0.1) is 46.3 Å². The average Bonchev–Trinajstić information content (AvgIpc) is 3.45.